The summed E-state index contributed by atoms with van der Waals surface area (Å²) in [6, 6.07) is 2.30. The van der Waals surface area contributed by atoms with Crippen LogP contribution in [0.25, 0.3) is 0 Å². The van der Waals surface area contributed by atoms with Crippen LogP contribution in [0.15, 0.2) is 0 Å². The zero-order chi connectivity index (χ0) is 11.4. The first kappa shape index (κ1) is 13.8. The molecular weight excluding hydrogens is 199 g/mol. The van der Waals surface area contributed by atoms with Crippen LogP contribution in [-0.2, 0) is 0 Å². The van der Waals surface area contributed by atoms with Gasteiger partial charge in [-0.1, -0.05) is 27.7 Å². The van der Waals surface area contributed by atoms with E-state index >= 15 is 0 Å². The molecule has 0 amide bonds. The Labute approximate surface area is 86.9 Å². The molecule has 0 spiro atoms. The van der Waals surface area contributed by atoms with E-state index in [1.54, 1.807) is 0 Å². The lowest BCUT2D eigenvalue weighted by atomic mass is 9.70. The topological polar surface area (TPSA) is 76.3 Å². The van der Waals surface area contributed by atoms with E-state index in [9.17, 15) is 5.26 Å². The quantitative estimate of drug-likeness (QED) is 0.613. The van der Waals surface area contributed by atoms with Crippen molar-refractivity contribution in [2.75, 3.05) is 6.54 Å². The fraction of sp³-hybridized carbons (Fsp3) is 0.889. The average Bonchev–Trinajstić information content (AvgIpc) is 2.04. The standard InChI is InChI=1S/C9H19N2O2P/c1-7(2)9(5-10,8(3)4)6-11-14(12)13/h7-8,11-13H,6H2,1-4H3. The van der Waals surface area contributed by atoms with Crippen LogP contribution < -0.4 is 5.09 Å². The Bertz CT molecular complexity index is 203. The second-order valence-electron chi connectivity index (χ2n) is 4.09. The van der Waals surface area contributed by atoms with E-state index in [0.29, 0.717) is 6.54 Å². The summed E-state index contributed by atoms with van der Waals surface area (Å²) < 4.78 is 0. The number of nitrogens with one attached hydrogen (secondary N) is 1. The van der Waals surface area contributed by atoms with Crippen LogP contribution in [0.1, 0.15) is 27.7 Å². The third-order valence-corrected chi connectivity index (χ3v) is 3.22. The number of rotatable bonds is 5. The molecule has 0 bridgehead atoms. The van der Waals surface area contributed by atoms with Crippen LogP contribution in [0, 0.1) is 28.6 Å². The van der Waals surface area contributed by atoms with Gasteiger partial charge >= 0.3 is 0 Å². The summed E-state index contributed by atoms with van der Waals surface area (Å²) in [5, 5.41) is 11.7. The molecule has 0 fully saturated rings. The first-order valence-corrected chi connectivity index (χ1v) is 5.94. The van der Waals surface area contributed by atoms with Crippen LogP contribution in [0.5, 0.6) is 0 Å². The van der Waals surface area contributed by atoms with Crippen molar-refractivity contribution in [1.82, 2.24) is 5.09 Å². The fourth-order valence-electron chi connectivity index (χ4n) is 1.57. The van der Waals surface area contributed by atoms with E-state index in [4.69, 9.17) is 9.79 Å². The van der Waals surface area contributed by atoms with Gasteiger partial charge in [-0.3, -0.25) is 0 Å². The molecule has 4 nitrogen and oxygen atoms in total. The van der Waals surface area contributed by atoms with E-state index in [2.05, 4.69) is 11.2 Å². The van der Waals surface area contributed by atoms with Crippen LogP contribution in [0.3, 0.4) is 0 Å². The summed E-state index contributed by atoms with van der Waals surface area (Å²) in [4.78, 5) is 17.5. The van der Waals surface area contributed by atoms with Crippen molar-refractivity contribution in [3.8, 4) is 6.07 Å². The van der Waals surface area contributed by atoms with Gasteiger partial charge in [-0.05, 0) is 11.8 Å². The fourth-order valence-corrected chi connectivity index (χ4v) is 1.98. The van der Waals surface area contributed by atoms with Crippen LogP contribution in [0.2, 0.25) is 0 Å². The van der Waals surface area contributed by atoms with Crippen LogP contribution >= 0.6 is 8.53 Å². The van der Waals surface area contributed by atoms with Crippen molar-refractivity contribution >= 4 is 8.53 Å². The maximum Gasteiger partial charge on any atom is 0.250 e. The summed E-state index contributed by atoms with van der Waals surface area (Å²) in [7, 11) is -2.12. The van der Waals surface area contributed by atoms with Crippen molar-refractivity contribution in [3.05, 3.63) is 0 Å². The van der Waals surface area contributed by atoms with Gasteiger partial charge in [0.2, 0.25) is 8.53 Å². The SMILES string of the molecule is CC(C)C(C#N)(CNP(O)O)C(C)C. The Kier molecular flexibility index (Phi) is 5.54. The van der Waals surface area contributed by atoms with Crippen molar-refractivity contribution in [1.29, 1.82) is 5.26 Å². The van der Waals surface area contributed by atoms with Crippen molar-refractivity contribution in [2.45, 2.75) is 27.7 Å². The molecule has 0 aliphatic carbocycles. The van der Waals surface area contributed by atoms with Gasteiger partial charge in [-0.25, -0.2) is 5.09 Å². The average molecular weight is 218 g/mol. The molecule has 14 heavy (non-hydrogen) atoms. The largest absolute Gasteiger partial charge is 0.338 e. The Morgan fingerprint density at radius 3 is 1.93 bits per heavy atom. The number of nitriles is 1. The molecule has 0 radical (unpaired) electrons. The molecule has 3 N–H and O–H groups in total. The Hall–Kier alpha value is -0.200. The lowest BCUT2D eigenvalue weighted by molar-refractivity contribution is 0.191. The Morgan fingerprint density at radius 2 is 1.71 bits per heavy atom. The van der Waals surface area contributed by atoms with Gasteiger partial charge in [0.25, 0.3) is 0 Å². The molecule has 0 saturated carbocycles. The highest BCUT2D eigenvalue weighted by Gasteiger charge is 2.37. The summed E-state index contributed by atoms with van der Waals surface area (Å²) >= 11 is 0. The van der Waals surface area contributed by atoms with E-state index < -0.39 is 13.9 Å². The van der Waals surface area contributed by atoms with Crippen molar-refractivity contribution in [2.24, 2.45) is 17.3 Å². The van der Waals surface area contributed by atoms with Gasteiger partial charge < -0.3 is 9.79 Å². The molecule has 5 heteroatoms. The third kappa shape index (κ3) is 3.18. The molecule has 0 rings (SSSR count). The molecular formula is C9H19N2O2P. The molecule has 0 heterocycles. The molecule has 0 aromatic heterocycles. The van der Waals surface area contributed by atoms with Crippen molar-refractivity contribution < 1.29 is 9.79 Å². The lowest BCUT2D eigenvalue weighted by Gasteiger charge is -2.34. The predicted molar refractivity (Wildman–Crippen MR) is 57.1 cm³/mol. The van der Waals surface area contributed by atoms with Gasteiger partial charge in [0.1, 0.15) is 0 Å². The first-order chi connectivity index (χ1) is 6.36. The highest BCUT2D eigenvalue weighted by molar-refractivity contribution is 7.42. The molecule has 0 aromatic rings. The van der Waals surface area contributed by atoms with E-state index in [1.807, 2.05) is 27.7 Å². The number of hydrogen-bond donors (Lipinski definition) is 3. The first-order valence-electron chi connectivity index (χ1n) is 4.69. The maximum absolute atomic E-state index is 9.18. The van der Waals surface area contributed by atoms with Gasteiger partial charge in [0, 0.05) is 6.54 Å². The lowest BCUT2D eigenvalue weighted by Crippen LogP contribution is -2.40. The Balaban J connectivity index is 4.62. The normalized spacial score (nSPS) is 12.6. The van der Waals surface area contributed by atoms with Gasteiger partial charge in [-0.2, -0.15) is 5.26 Å². The van der Waals surface area contributed by atoms with Gasteiger partial charge in [0.05, 0.1) is 11.5 Å². The highest BCUT2D eigenvalue weighted by Crippen LogP contribution is 2.36. The van der Waals surface area contributed by atoms with E-state index in [-0.39, 0.29) is 11.8 Å². The zero-order valence-corrected chi connectivity index (χ0v) is 10.0. The summed E-state index contributed by atoms with van der Waals surface area (Å²) in [6.07, 6.45) is 0. The van der Waals surface area contributed by atoms with E-state index in [0.717, 1.165) is 0 Å². The monoisotopic (exact) mass is 218 g/mol. The molecule has 0 atom stereocenters. The molecule has 0 saturated heterocycles. The number of hydrogen-bond acceptors (Lipinski definition) is 4. The van der Waals surface area contributed by atoms with Crippen molar-refractivity contribution in [3.63, 3.8) is 0 Å². The predicted octanol–water partition coefficient (Wildman–Crippen LogP) is 1.61. The van der Waals surface area contributed by atoms with Crippen LogP contribution in [-0.4, -0.2) is 16.3 Å². The molecule has 0 unspecified atom stereocenters. The minimum atomic E-state index is -2.12. The van der Waals surface area contributed by atoms with Gasteiger partial charge in [0.15, 0.2) is 0 Å². The third-order valence-electron chi connectivity index (χ3n) is 2.78. The molecule has 0 aromatic carbocycles. The summed E-state index contributed by atoms with van der Waals surface area (Å²) in [5.74, 6) is 0.352. The minimum absolute atomic E-state index is 0.176. The Morgan fingerprint density at radius 1 is 1.29 bits per heavy atom. The molecule has 82 valence electrons. The zero-order valence-electron chi connectivity index (χ0n) is 9.15. The minimum Gasteiger partial charge on any atom is -0.338 e. The number of nitrogens with zero attached hydrogens (tertiary/aromatic N) is 1. The second kappa shape index (κ2) is 5.63. The highest BCUT2D eigenvalue weighted by atomic mass is 31.2. The molecule has 0 aliphatic heterocycles. The molecule has 0 aliphatic rings. The summed E-state index contributed by atoms with van der Waals surface area (Å²) in [5.41, 5.74) is -0.536. The summed E-state index contributed by atoms with van der Waals surface area (Å²) in [6.45, 7) is 8.21. The second-order valence-corrected chi connectivity index (χ2v) is 4.98. The van der Waals surface area contributed by atoms with Gasteiger partial charge in [-0.15, -0.1) is 0 Å². The van der Waals surface area contributed by atoms with E-state index in [1.165, 1.54) is 0 Å². The van der Waals surface area contributed by atoms with Crippen LogP contribution in [0.4, 0.5) is 0 Å². The maximum atomic E-state index is 9.18. The smallest absolute Gasteiger partial charge is 0.250 e.